The Hall–Kier alpha value is -4.01. The molecule has 2 aromatic carbocycles. The van der Waals surface area contributed by atoms with Crippen LogP contribution in [0.1, 0.15) is 30.1 Å². The molecule has 1 unspecified atom stereocenters. The fraction of sp³-hybridized carbons (Fsp3) is 0.261. The monoisotopic (exact) mass is 433 g/mol. The summed E-state index contributed by atoms with van der Waals surface area (Å²) < 4.78 is 2.95. The van der Waals surface area contributed by atoms with Crippen LogP contribution >= 0.6 is 0 Å². The number of nitro benzene ring substituents is 1. The zero-order valence-electron chi connectivity index (χ0n) is 17.6. The van der Waals surface area contributed by atoms with E-state index < -0.39 is 4.92 Å². The summed E-state index contributed by atoms with van der Waals surface area (Å²) in [5, 5.41) is 15.2. The molecule has 0 radical (unpaired) electrons. The van der Waals surface area contributed by atoms with E-state index in [0.29, 0.717) is 24.5 Å². The van der Waals surface area contributed by atoms with E-state index in [1.54, 1.807) is 34.7 Å². The van der Waals surface area contributed by atoms with Crippen LogP contribution in [0, 0.1) is 10.1 Å². The molecule has 1 aliphatic rings. The Morgan fingerprint density at radius 1 is 1.16 bits per heavy atom. The number of benzene rings is 2. The van der Waals surface area contributed by atoms with Gasteiger partial charge < -0.3 is 4.90 Å². The van der Waals surface area contributed by atoms with E-state index in [9.17, 15) is 19.7 Å². The zero-order chi connectivity index (χ0) is 22.7. The number of carbonyl (C=O) groups excluding carboxylic acids is 1. The summed E-state index contributed by atoms with van der Waals surface area (Å²) in [6, 6.07) is 15.4. The third-order valence-electron chi connectivity index (χ3n) is 5.58. The second kappa shape index (κ2) is 9.01. The number of para-hydroxylation sites is 1. The molecule has 0 spiro atoms. The number of aromatic nitrogens is 3. The summed E-state index contributed by atoms with van der Waals surface area (Å²) in [4.78, 5) is 37.6. The second-order valence-corrected chi connectivity index (χ2v) is 7.74. The number of amides is 1. The molecule has 0 saturated carbocycles. The third kappa shape index (κ3) is 4.36. The molecule has 2 heterocycles. The number of likely N-dealkylation sites (tertiary alicyclic amines) is 1. The maximum absolute atomic E-state index is 12.8. The van der Waals surface area contributed by atoms with Crippen molar-refractivity contribution in [3.8, 4) is 5.69 Å². The maximum atomic E-state index is 12.8. The van der Waals surface area contributed by atoms with Crippen LogP contribution in [-0.4, -0.2) is 43.2 Å². The van der Waals surface area contributed by atoms with Crippen LogP contribution in [-0.2, 0) is 11.8 Å². The average Bonchev–Trinajstić information content (AvgIpc) is 3.12. The number of nitrogens with zero attached hydrogens (tertiary/aromatic N) is 5. The Bertz CT molecular complexity index is 1210. The normalized spacial score (nSPS) is 16.4. The molecule has 0 N–H and O–H groups in total. The predicted octanol–water partition coefficient (Wildman–Crippen LogP) is 2.90. The molecule has 9 heteroatoms. The number of hydrogen-bond acceptors (Lipinski definition) is 5. The van der Waals surface area contributed by atoms with Gasteiger partial charge in [0, 0.05) is 44.3 Å². The van der Waals surface area contributed by atoms with E-state index in [4.69, 9.17) is 0 Å². The lowest BCUT2D eigenvalue weighted by atomic mass is 9.97. The standard InChI is InChI=1S/C23H23N5O4/c1-25-23(30)27(19-7-3-2-4-8-19)22(24-25)18-6-5-15-26(16-18)21(29)14-11-17-9-12-20(13-10-17)28(31)32/h2-4,7-14,18H,5-6,15-16H2,1H3/b14-11+. The smallest absolute Gasteiger partial charge is 0.338 e. The van der Waals surface area contributed by atoms with E-state index >= 15 is 0 Å². The summed E-state index contributed by atoms with van der Waals surface area (Å²) in [7, 11) is 1.63. The first-order chi connectivity index (χ1) is 15.4. The number of nitro groups is 1. The highest BCUT2D eigenvalue weighted by molar-refractivity contribution is 5.91. The topological polar surface area (TPSA) is 103 Å². The van der Waals surface area contributed by atoms with Crippen LogP contribution in [0.4, 0.5) is 5.69 Å². The minimum Gasteiger partial charge on any atom is -0.338 e. The average molecular weight is 433 g/mol. The molecule has 0 aliphatic carbocycles. The second-order valence-electron chi connectivity index (χ2n) is 7.74. The molecule has 0 bridgehead atoms. The quantitative estimate of drug-likeness (QED) is 0.350. The van der Waals surface area contributed by atoms with Crippen molar-refractivity contribution in [1.82, 2.24) is 19.2 Å². The van der Waals surface area contributed by atoms with Gasteiger partial charge in [-0.1, -0.05) is 18.2 Å². The summed E-state index contributed by atoms with van der Waals surface area (Å²) in [6.45, 7) is 1.09. The van der Waals surface area contributed by atoms with Crippen LogP contribution < -0.4 is 5.69 Å². The first-order valence-corrected chi connectivity index (χ1v) is 10.4. The van der Waals surface area contributed by atoms with Crippen molar-refractivity contribution in [2.45, 2.75) is 18.8 Å². The molecule has 1 aliphatic heterocycles. The molecule has 9 nitrogen and oxygen atoms in total. The fourth-order valence-electron chi connectivity index (χ4n) is 3.94. The number of non-ortho nitro benzene ring substituents is 1. The van der Waals surface area contributed by atoms with E-state index in [0.717, 1.165) is 18.5 Å². The summed E-state index contributed by atoms with van der Waals surface area (Å²) in [5.74, 6) is 0.452. The predicted molar refractivity (Wildman–Crippen MR) is 119 cm³/mol. The number of piperidine rings is 1. The molecular weight excluding hydrogens is 410 g/mol. The van der Waals surface area contributed by atoms with Crippen molar-refractivity contribution < 1.29 is 9.72 Å². The zero-order valence-corrected chi connectivity index (χ0v) is 17.6. The van der Waals surface area contributed by atoms with Crippen LogP contribution in [0.5, 0.6) is 0 Å². The lowest BCUT2D eigenvalue weighted by Gasteiger charge is -2.31. The molecule has 32 heavy (non-hydrogen) atoms. The number of hydrogen-bond donors (Lipinski definition) is 0. The molecule has 1 aromatic heterocycles. The van der Waals surface area contributed by atoms with E-state index in [-0.39, 0.29) is 23.2 Å². The van der Waals surface area contributed by atoms with Gasteiger partial charge in [-0.25, -0.2) is 14.0 Å². The number of carbonyl (C=O) groups is 1. The molecule has 1 saturated heterocycles. The van der Waals surface area contributed by atoms with Gasteiger partial charge in [0.1, 0.15) is 5.82 Å². The van der Waals surface area contributed by atoms with Gasteiger partial charge in [0.15, 0.2) is 0 Å². The molecule has 164 valence electrons. The fourth-order valence-corrected chi connectivity index (χ4v) is 3.94. The largest absolute Gasteiger partial charge is 0.350 e. The Balaban J connectivity index is 1.52. The van der Waals surface area contributed by atoms with Gasteiger partial charge in [-0.05, 0) is 48.7 Å². The lowest BCUT2D eigenvalue weighted by molar-refractivity contribution is -0.384. The van der Waals surface area contributed by atoms with Crippen molar-refractivity contribution in [3.63, 3.8) is 0 Å². The van der Waals surface area contributed by atoms with Gasteiger partial charge in [0.05, 0.1) is 10.6 Å². The maximum Gasteiger partial charge on any atom is 0.350 e. The third-order valence-corrected chi connectivity index (χ3v) is 5.58. The highest BCUT2D eigenvalue weighted by Crippen LogP contribution is 2.27. The van der Waals surface area contributed by atoms with E-state index in [1.807, 2.05) is 30.3 Å². The van der Waals surface area contributed by atoms with Gasteiger partial charge >= 0.3 is 5.69 Å². The molecular formula is C23H23N5O4. The Kier molecular flexibility index (Phi) is 5.98. The van der Waals surface area contributed by atoms with Crippen LogP contribution in [0.3, 0.4) is 0 Å². The van der Waals surface area contributed by atoms with Crippen molar-refractivity contribution >= 4 is 17.7 Å². The molecule has 3 aromatic rings. The van der Waals surface area contributed by atoms with Gasteiger partial charge in [-0.15, -0.1) is 0 Å². The van der Waals surface area contributed by atoms with Gasteiger partial charge in [0.25, 0.3) is 5.69 Å². The highest BCUT2D eigenvalue weighted by Gasteiger charge is 2.29. The Labute approximate surface area is 184 Å². The first-order valence-electron chi connectivity index (χ1n) is 10.4. The van der Waals surface area contributed by atoms with Crippen molar-refractivity contribution in [3.05, 3.63) is 92.7 Å². The Morgan fingerprint density at radius 3 is 2.56 bits per heavy atom. The summed E-state index contributed by atoms with van der Waals surface area (Å²) in [6.07, 6.45) is 4.77. The van der Waals surface area contributed by atoms with Crippen LogP contribution in [0.15, 0.2) is 65.5 Å². The van der Waals surface area contributed by atoms with Crippen LogP contribution in [0.2, 0.25) is 0 Å². The molecule has 1 fully saturated rings. The lowest BCUT2D eigenvalue weighted by Crippen LogP contribution is -2.39. The van der Waals surface area contributed by atoms with Crippen molar-refractivity contribution in [2.24, 2.45) is 7.05 Å². The minimum absolute atomic E-state index is 0.00664. The molecule has 1 atom stereocenters. The van der Waals surface area contributed by atoms with Crippen LogP contribution in [0.25, 0.3) is 11.8 Å². The number of rotatable bonds is 5. The van der Waals surface area contributed by atoms with E-state index in [2.05, 4.69) is 5.10 Å². The summed E-state index contributed by atoms with van der Waals surface area (Å²) in [5.41, 5.74) is 1.25. The van der Waals surface area contributed by atoms with Crippen molar-refractivity contribution in [1.29, 1.82) is 0 Å². The van der Waals surface area contributed by atoms with E-state index in [1.165, 1.54) is 22.9 Å². The molecule has 1 amide bonds. The van der Waals surface area contributed by atoms with Gasteiger partial charge in [-0.3, -0.25) is 14.9 Å². The SMILES string of the molecule is Cn1nc(C2CCCN(C(=O)/C=C/c3ccc([N+](=O)[O-])cc3)C2)n(-c2ccccc2)c1=O. The van der Waals surface area contributed by atoms with Gasteiger partial charge in [0.2, 0.25) is 5.91 Å². The summed E-state index contributed by atoms with van der Waals surface area (Å²) >= 11 is 0. The highest BCUT2D eigenvalue weighted by atomic mass is 16.6. The number of aryl methyl sites for hydroxylation is 1. The molecule has 4 rings (SSSR count). The van der Waals surface area contributed by atoms with Crippen molar-refractivity contribution in [2.75, 3.05) is 13.1 Å². The first kappa shape index (κ1) is 21.2. The van der Waals surface area contributed by atoms with Gasteiger partial charge in [-0.2, -0.15) is 5.10 Å². The Morgan fingerprint density at radius 2 is 1.88 bits per heavy atom. The minimum atomic E-state index is -0.459.